The van der Waals surface area contributed by atoms with Crippen LogP contribution in [-0.4, -0.2) is 43.0 Å². The van der Waals surface area contributed by atoms with Crippen LogP contribution >= 0.6 is 0 Å². The summed E-state index contributed by atoms with van der Waals surface area (Å²) in [5, 5.41) is 5.33. The van der Waals surface area contributed by atoms with Gasteiger partial charge < -0.3 is 15.0 Å². The monoisotopic (exact) mass is 474 g/mol. The Balaban J connectivity index is 1.09. The molecule has 0 aromatic heterocycles. The fraction of sp³-hybridized carbons (Fsp3) is 0.600. The average Bonchev–Trinajstić information content (AvgIpc) is 2.87. The summed E-state index contributed by atoms with van der Waals surface area (Å²) in [6.45, 7) is 3.52. The van der Waals surface area contributed by atoms with Crippen LogP contribution in [0.25, 0.3) is 10.8 Å². The number of fused-ring (bicyclic) bond motifs is 1. The van der Waals surface area contributed by atoms with Gasteiger partial charge >= 0.3 is 0 Å². The maximum Gasteiger partial charge on any atom is 0.254 e. The highest BCUT2D eigenvalue weighted by Crippen LogP contribution is 2.61. The van der Waals surface area contributed by atoms with Crippen molar-refractivity contribution in [2.75, 3.05) is 20.2 Å². The Morgan fingerprint density at radius 2 is 1.54 bits per heavy atom. The largest absolute Gasteiger partial charge is 0.496 e. The highest BCUT2D eigenvalue weighted by Gasteiger charge is 2.53. The number of piperidine rings is 1. The molecule has 5 fully saturated rings. The van der Waals surface area contributed by atoms with Gasteiger partial charge in [-0.1, -0.05) is 24.3 Å². The molecule has 186 valence electrons. The van der Waals surface area contributed by atoms with Crippen molar-refractivity contribution >= 4 is 22.6 Å². The molecule has 7 rings (SSSR count). The predicted octanol–water partition coefficient (Wildman–Crippen LogP) is 5.42. The second-order valence-electron chi connectivity index (χ2n) is 11.9. The van der Waals surface area contributed by atoms with E-state index >= 15 is 0 Å². The normalized spacial score (nSPS) is 30.9. The van der Waals surface area contributed by atoms with Crippen molar-refractivity contribution in [1.82, 2.24) is 10.2 Å². The molecule has 0 spiro atoms. The van der Waals surface area contributed by atoms with E-state index in [1.54, 1.807) is 7.11 Å². The van der Waals surface area contributed by atoms with Crippen LogP contribution in [0.4, 0.5) is 0 Å². The topological polar surface area (TPSA) is 58.6 Å². The highest BCUT2D eigenvalue weighted by atomic mass is 16.5. The van der Waals surface area contributed by atoms with Gasteiger partial charge in [0.25, 0.3) is 5.91 Å². The lowest BCUT2D eigenvalue weighted by Crippen LogP contribution is -2.56. The molecule has 1 saturated heterocycles. The minimum absolute atomic E-state index is 0.00280. The van der Waals surface area contributed by atoms with Crippen LogP contribution in [0.15, 0.2) is 36.4 Å². The number of carbonyl (C=O) groups is 2. The molecule has 0 radical (unpaired) electrons. The van der Waals surface area contributed by atoms with Crippen molar-refractivity contribution in [3.05, 3.63) is 42.0 Å². The Kier molecular flexibility index (Phi) is 5.77. The Hall–Kier alpha value is -2.56. The molecular weight excluding hydrogens is 436 g/mol. The first-order chi connectivity index (χ1) is 17.0. The molecule has 2 aromatic carbocycles. The van der Waals surface area contributed by atoms with Crippen molar-refractivity contribution in [2.24, 2.45) is 29.1 Å². The molecular formula is C30H38N2O3. The van der Waals surface area contributed by atoms with Gasteiger partial charge in [0.15, 0.2) is 0 Å². The van der Waals surface area contributed by atoms with E-state index in [0.29, 0.717) is 24.1 Å². The van der Waals surface area contributed by atoms with E-state index in [2.05, 4.69) is 12.2 Å². The van der Waals surface area contributed by atoms with Gasteiger partial charge in [-0.05, 0) is 99.0 Å². The molecule has 4 aliphatic carbocycles. The molecule has 1 heterocycles. The smallest absolute Gasteiger partial charge is 0.254 e. The standard InChI is InChI=1S/C30H38N2O3/c1-19(30-16-20-13-21(17-30)15-22(14-20)18-30)31-28(33)23-9-11-32(12-10-23)29(34)26-7-8-27(35-2)25-6-4-3-5-24(25)26/h3-8,19-23H,9-18H2,1-2H3,(H,31,33)/t19-,20?,21?,22?,30?/m0/s1. The molecule has 1 N–H and O–H groups in total. The zero-order chi connectivity index (χ0) is 24.2. The van der Waals surface area contributed by atoms with Crippen LogP contribution < -0.4 is 10.1 Å². The van der Waals surface area contributed by atoms with E-state index in [1.165, 1.54) is 38.5 Å². The summed E-state index contributed by atoms with van der Waals surface area (Å²) in [6, 6.07) is 11.9. The lowest BCUT2D eigenvalue weighted by molar-refractivity contribution is -0.131. The average molecular weight is 475 g/mol. The Morgan fingerprint density at radius 1 is 0.943 bits per heavy atom. The number of carbonyl (C=O) groups excluding carboxylic acids is 2. The van der Waals surface area contributed by atoms with Gasteiger partial charge in [-0.3, -0.25) is 9.59 Å². The number of hydrogen-bond acceptors (Lipinski definition) is 3. The molecule has 0 unspecified atom stereocenters. The molecule has 5 aliphatic rings. The van der Waals surface area contributed by atoms with Gasteiger partial charge in [0.05, 0.1) is 7.11 Å². The molecule has 5 nitrogen and oxygen atoms in total. The van der Waals surface area contributed by atoms with Gasteiger partial charge in [0.2, 0.25) is 5.91 Å². The Bertz CT molecular complexity index is 1100. The molecule has 4 bridgehead atoms. The van der Waals surface area contributed by atoms with Crippen LogP contribution in [0.1, 0.15) is 68.6 Å². The van der Waals surface area contributed by atoms with Crippen LogP contribution in [0.5, 0.6) is 5.75 Å². The predicted molar refractivity (Wildman–Crippen MR) is 137 cm³/mol. The third-order valence-electron chi connectivity index (χ3n) is 9.85. The van der Waals surface area contributed by atoms with Crippen molar-refractivity contribution in [3.63, 3.8) is 0 Å². The third-order valence-corrected chi connectivity index (χ3v) is 9.85. The number of likely N-dealkylation sites (tertiary alicyclic amines) is 1. The van der Waals surface area contributed by atoms with E-state index in [-0.39, 0.29) is 23.8 Å². The zero-order valence-electron chi connectivity index (χ0n) is 21.1. The number of methoxy groups -OCH3 is 1. The van der Waals surface area contributed by atoms with Crippen molar-refractivity contribution < 1.29 is 14.3 Å². The van der Waals surface area contributed by atoms with Crippen molar-refractivity contribution in [2.45, 2.75) is 64.3 Å². The number of nitrogens with zero attached hydrogens (tertiary/aromatic N) is 1. The molecule has 5 heteroatoms. The van der Waals surface area contributed by atoms with E-state index < -0.39 is 0 Å². The number of ether oxygens (including phenoxy) is 1. The Morgan fingerprint density at radius 3 is 2.14 bits per heavy atom. The van der Waals surface area contributed by atoms with Gasteiger partial charge in [0, 0.05) is 36.0 Å². The molecule has 1 aliphatic heterocycles. The SMILES string of the molecule is COc1ccc(C(=O)N2CCC(C(=O)N[C@@H](C)C34CC5CC(CC(C5)C3)C4)CC2)c2ccccc12. The second kappa shape index (κ2) is 8.83. The quantitative estimate of drug-likeness (QED) is 0.629. The number of nitrogens with one attached hydrogen (secondary N) is 1. The summed E-state index contributed by atoms with van der Waals surface area (Å²) < 4.78 is 5.49. The molecule has 2 aromatic rings. The van der Waals surface area contributed by atoms with Crippen LogP contribution in [0, 0.1) is 29.1 Å². The zero-order valence-corrected chi connectivity index (χ0v) is 21.1. The summed E-state index contributed by atoms with van der Waals surface area (Å²) in [7, 11) is 1.66. The summed E-state index contributed by atoms with van der Waals surface area (Å²) in [5.74, 6) is 3.71. The molecule has 4 saturated carbocycles. The first-order valence-electron chi connectivity index (χ1n) is 13.6. The minimum Gasteiger partial charge on any atom is -0.496 e. The molecule has 35 heavy (non-hydrogen) atoms. The van der Waals surface area contributed by atoms with E-state index in [0.717, 1.165) is 47.1 Å². The summed E-state index contributed by atoms with van der Waals surface area (Å²) >= 11 is 0. The Labute approximate surface area is 208 Å². The second-order valence-corrected chi connectivity index (χ2v) is 11.9. The first-order valence-corrected chi connectivity index (χ1v) is 13.6. The third kappa shape index (κ3) is 4.01. The van der Waals surface area contributed by atoms with Gasteiger partial charge in [0.1, 0.15) is 5.75 Å². The molecule has 1 atom stereocenters. The highest BCUT2D eigenvalue weighted by molar-refractivity contribution is 6.08. The van der Waals surface area contributed by atoms with Gasteiger partial charge in [-0.25, -0.2) is 0 Å². The van der Waals surface area contributed by atoms with Crippen molar-refractivity contribution in [3.8, 4) is 5.75 Å². The fourth-order valence-corrected chi connectivity index (χ4v) is 8.34. The van der Waals surface area contributed by atoms with Crippen LogP contribution in [0.3, 0.4) is 0 Å². The fourth-order valence-electron chi connectivity index (χ4n) is 8.34. The number of hydrogen-bond donors (Lipinski definition) is 1. The number of amides is 2. The van der Waals surface area contributed by atoms with Crippen LogP contribution in [-0.2, 0) is 4.79 Å². The van der Waals surface area contributed by atoms with E-state index in [4.69, 9.17) is 4.74 Å². The maximum absolute atomic E-state index is 13.4. The van der Waals surface area contributed by atoms with E-state index in [9.17, 15) is 9.59 Å². The summed E-state index contributed by atoms with van der Waals surface area (Å²) in [4.78, 5) is 28.6. The number of rotatable bonds is 5. The lowest BCUT2D eigenvalue weighted by atomic mass is 9.48. The maximum atomic E-state index is 13.4. The minimum atomic E-state index is 0.00280. The van der Waals surface area contributed by atoms with Crippen LogP contribution in [0.2, 0.25) is 0 Å². The first kappa shape index (κ1) is 22.9. The van der Waals surface area contributed by atoms with Gasteiger partial charge in [-0.2, -0.15) is 0 Å². The van der Waals surface area contributed by atoms with Gasteiger partial charge in [-0.15, -0.1) is 0 Å². The number of benzene rings is 2. The van der Waals surface area contributed by atoms with E-state index in [1.807, 2.05) is 41.3 Å². The summed E-state index contributed by atoms with van der Waals surface area (Å²) in [5.41, 5.74) is 1.04. The lowest BCUT2D eigenvalue weighted by Gasteiger charge is -2.59. The van der Waals surface area contributed by atoms with Crippen molar-refractivity contribution in [1.29, 1.82) is 0 Å². The summed E-state index contributed by atoms with van der Waals surface area (Å²) in [6.07, 6.45) is 9.68. The molecule has 2 amide bonds.